The van der Waals surface area contributed by atoms with Crippen LogP contribution >= 0.6 is 11.8 Å². The maximum absolute atomic E-state index is 11.0. The topological polar surface area (TPSA) is 38.3 Å². The fraction of sp³-hybridized carbons (Fsp3) is 0.364. The summed E-state index contributed by atoms with van der Waals surface area (Å²) in [7, 11) is 1.54. The van der Waals surface area contributed by atoms with Gasteiger partial charge in [0, 0.05) is 11.9 Å². The summed E-state index contributed by atoms with van der Waals surface area (Å²) in [6, 6.07) is 5.80. The number of thioether (sulfide) groups is 1. The van der Waals surface area contributed by atoms with Crippen LogP contribution in [0.15, 0.2) is 23.1 Å². The van der Waals surface area contributed by atoms with Gasteiger partial charge in [0.2, 0.25) is 0 Å². The molecule has 0 spiro atoms. The minimum Gasteiger partial charge on any atom is -0.410 e. The Morgan fingerprint density at radius 2 is 2.27 bits per heavy atom. The maximum atomic E-state index is 11.0. The van der Waals surface area contributed by atoms with Crippen molar-refractivity contribution in [3.05, 3.63) is 23.8 Å². The van der Waals surface area contributed by atoms with Crippen LogP contribution < -0.4 is 10.1 Å². The summed E-state index contributed by atoms with van der Waals surface area (Å²) in [5.41, 5.74) is 0.969. The molecule has 0 saturated carbocycles. The molecule has 0 aliphatic heterocycles. The van der Waals surface area contributed by atoms with Gasteiger partial charge in [0.25, 0.3) is 0 Å². The first-order chi connectivity index (χ1) is 7.17. The van der Waals surface area contributed by atoms with E-state index in [9.17, 15) is 4.79 Å². The maximum Gasteiger partial charge on any atom is 0.412 e. The van der Waals surface area contributed by atoms with Gasteiger partial charge >= 0.3 is 6.09 Å². The molecule has 1 aromatic carbocycles. The number of carbonyl (C=O) groups excluding carboxylic acids is 1. The molecule has 1 amide bonds. The molecule has 0 aromatic heterocycles. The molecule has 0 fully saturated rings. The van der Waals surface area contributed by atoms with E-state index in [4.69, 9.17) is 4.74 Å². The summed E-state index contributed by atoms with van der Waals surface area (Å²) in [5.74, 6) is 1.64. The summed E-state index contributed by atoms with van der Waals surface area (Å²) < 4.78 is 5.07. The Morgan fingerprint density at radius 3 is 2.80 bits per heavy atom. The Kier molecular flexibility index (Phi) is 4.49. The smallest absolute Gasteiger partial charge is 0.410 e. The van der Waals surface area contributed by atoms with E-state index >= 15 is 0 Å². The summed E-state index contributed by atoms with van der Waals surface area (Å²) in [6.07, 6.45) is -0.436. The molecule has 0 bridgehead atoms. The lowest BCUT2D eigenvalue weighted by atomic mass is 10.2. The summed E-state index contributed by atoms with van der Waals surface area (Å²) in [5, 5.41) is 2.41. The van der Waals surface area contributed by atoms with Crippen LogP contribution in [0.4, 0.5) is 4.79 Å². The van der Waals surface area contributed by atoms with E-state index in [0.717, 1.165) is 11.3 Å². The van der Waals surface area contributed by atoms with Gasteiger partial charge in [-0.3, -0.25) is 0 Å². The fourth-order valence-corrected chi connectivity index (χ4v) is 1.90. The highest BCUT2D eigenvalue weighted by molar-refractivity contribution is 7.99. The third kappa shape index (κ3) is 3.47. The van der Waals surface area contributed by atoms with Crippen LogP contribution in [-0.2, 0) is 0 Å². The molecule has 1 rings (SSSR count). The van der Waals surface area contributed by atoms with Crippen molar-refractivity contribution < 1.29 is 9.53 Å². The second-order valence-corrected chi connectivity index (χ2v) is 4.34. The number of benzene rings is 1. The Labute approximate surface area is 94.2 Å². The van der Waals surface area contributed by atoms with Crippen LogP contribution in [0.3, 0.4) is 0 Å². The van der Waals surface area contributed by atoms with E-state index in [-0.39, 0.29) is 0 Å². The lowest BCUT2D eigenvalue weighted by Gasteiger charge is -2.08. The molecule has 0 saturated heterocycles. The number of ether oxygens (including phenoxy) is 1. The van der Waals surface area contributed by atoms with Gasteiger partial charge in [-0.1, -0.05) is 6.92 Å². The monoisotopic (exact) mass is 225 g/mol. The average molecular weight is 225 g/mol. The van der Waals surface area contributed by atoms with Crippen molar-refractivity contribution in [2.24, 2.45) is 0 Å². The zero-order chi connectivity index (χ0) is 11.3. The highest BCUT2D eigenvalue weighted by Gasteiger charge is 2.05. The van der Waals surface area contributed by atoms with Crippen molar-refractivity contribution in [3.63, 3.8) is 0 Å². The molecular weight excluding hydrogens is 210 g/mol. The number of carbonyl (C=O) groups is 1. The zero-order valence-electron chi connectivity index (χ0n) is 9.16. The molecule has 4 heteroatoms. The van der Waals surface area contributed by atoms with Gasteiger partial charge in [-0.05, 0) is 36.4 Å². The molecule has 1 aromatic rings. The van der Waals surface area contributed by atoms with Crippen LogP contribution in [0.25, 0.3) is 0 Å². The van der Waals surface area contributed by atoms with E-state index in [1.165, 1.54) is 4.90 Å². The number of aryl methyl sites for hydroxylation is 1. The second kappa shape index (κ2) is 5.66. The minimum atomic E-state index is -0.436. The molecular formula is C11H15NO2S. The first-order valence-electron chi connectivity index (χ1n) is 4.80. The SMILES string of the molecule is CCSc1ccc(OC(=O)NC)c(C)c1. The van der Waals surface area contributed by atoms with Gasteiger partial charge in [0.15, 0.2) is 0 Å². The van der Waals surface area contributed by atoms with Crippen molar-refractivity contribution in [3.8, 4) is 5.75 Å². The number of nitrogens with one attached hydrogen (secondary N) is 1. The Hall–Kier alpha value is -1.16. The molecule has 0 aliphatic rings. The molecule has 0 radical (unpaired) electrons. The third-order valence-electron chi connectivity index (χ3n) is 1.86. The first kappa shape index (κ1) is 11.9. The largest absolute Gasteiger partial charge is 0.412 e. The quantitative estimate of drug-likeness (QED) is 0.804. The predicted molar refractivity (Wildman–Crippen MR) is 62.7 cm³/mol. The number of amides is 1. The van der Waals surface area contributed by atoms with Crippen molar-refractivity contribution >= 4 is 17.9 Å². The van der Waals surface area contributed by atoms with E-state index in [1.54, 1.807) is 18.8 Å². The number of hydrogen-bond acceptors (Lipinski definition) is 3. The molecule has 1 N–H and O–H groups in total. The van der Waals surface area contributed by atoms with Crippen molar-refractivity contribution in [1.29, 1.82) is 0 Å². The third-order valence-corrected chi connectivity index (χ3v) is 2.74. The van der Waals surface area contributed by atoms with Crippen molar-refractivity contribution in [2.75, 3.05) is 12.8 Å². The van der Waals surface area contributed by atoms with Crippen LogP contribution in [0.5, 0.6) is 5.75 Å². The van der Waals surface area contributed by atoms with Gasteiger partial charge in [-0.15, -0.1) is 11.8 Å². The van der Waals surface area contributed by atoms with Crippen molar-refractivity contribution in [2.45, 2.75) is 18.7 Å². The first-order valence-corrected chi connectivity index (χ1v) is 5.79. The Morgan fingerprint density at radius 1 is 1.53 bits per heavy atom. The van der Waals surface area contributed by atoms with Crippen LogP contribution in [0.2, 0.25) is 0 Å². The molecule has 82 valence electrons. The van der Waals surface area contributed by atoms with E-state index in [1.807, 2.05) is 25.1 Å². The zero-order valence-corrected chi connectivity index (χ0v) is 9.98. The highest BCUT2D eigenvalue weighted by Crippen LogP contribution is 2.25. The Balaban J connectivity index is 2.78. The van der Waals surface area contributed by atoms with Crippen LogP contribution in [0, 0.1) is 6.92 Å². The standard InChI is InChI=1S/C11H15NO2S/c1-4-15-9-5-6-10(8(2)7-9)14-11(13)12-3/h5-7H,4H2,1-3H3,(H,12,13). The second-order valence-electron chi connectivity index (χ2n) is 3.00. The average Bonchev–Trinajstić information content (AvgIpc) is 2.22. The fourth-order valence-electron chi connectivity index (χ4n) is 1.14. The number of rotatable bonds is 3. The molecule has 0 atom stereocenters. The van der Waals surface area contributed by atoms with Gasteiger partial charge in [-0.2, -0.15) is 0 Å². The summed E-state index contributed by atoms with van der Waals surface area (Å²) >= 11 is 1.77. The van der Waals surface area contributed by atoms with Gasteiger partial charge in [0.05, 0.1) is 0 Å². The van der Waals surface area contributed by atoms with Gasteiger partial charge in [-0.25, -0.2) is 4.79 Å². The molecule has 0 unspecified atom stereocenters. The van der Waals surface area contributed by atoms with Crippen LogP contribution in [-0.4, -0.2) is 18.9 Å². The lowest BCUT2D eigenvalue weighted by molar-refractivity contribution is 0.202. The molecule has 15 heavy (non-hydrogen) atoms. The molecule has 0 aliphatic carbocycles. The number of hydrogen-bond donors (Lipinski definition) is 1. The summed E-state index contributed by atoms with van der Waals surface area (Å²) in [4.78, 5) is 12.2. The molecule has 0 heterocycles. The predicted octanol–water partition coefficient (Wildman–Crippen LogP) is 2.83. The van der Waals surface area contributed by atoms with E-state index < -0.39 is 6.09 Å². The minimum absolute atomic E-state index is 0.436. The van der Waals surface area contributed by atoms with Crippen molar-refractivity contribution in [1.82, 2.24) is 5.32 Å². The van der Waals surface area contributed by atoms with E-state index in [2.05, 4.69) is 12.2 Å². The molecule has 3 nitrogen and oxygen atoms in total. The van der Waals surface area contributed by atoms with Crippen LogP contribution in [0.1, 0.15) is 12.5 Å². The van der Waals surface area contributed by atoms with Gasteiger partial charge < -0.3 is 10.1 Å². The van der Waals surface area contributed by atoms with Gasteiger partial charge in [0.1, 0.15) is 5.75 Å². The normalized spacial score (nSPS) is 9.80. The Bertz CT molecular complexity index is 352. The van der Waals surface area contributed by atoms with E-state index in [0.29, 0.717) is 5.75 Å². The lowest BCUT2D eigenvalue weighted by Crippen LogP contribution is -2.22. The summed E-state index contributed by atoms with van der Waals surface area (Å²) in [6.45, 7) is 4.03. The highest BCUT2D eigenvalue weighted by atomic mass is 32.2.